The number of nitrogens with one attached hydrogen (secondary N) is 1. The molecule has 0 radical (unpaired) electrons. The predicted octanol–water partition coefficient (Wildman–Crippen LogP) is 6.45. The van der Waals surface area contributed by atoms with Gasteiger partial charge in [-0.2, -0.15) is 0 Å². The lowest BCUT2D eigenvalue weighted by Crippen LogP contribution is -2.38. The van der Waals surface area contributed by atoms with Gasteiger partial charge < -0.3 is 4.74 Å². The highest BCUT2D eigenvalue weighted by atomic mass is 35.5. The topological polar surface area (TPSA) is 38.3 Å². The van der Waals surface area contributed by atoms with Gasteiger partial charge in [-0.25, -0.2) is 0 Å². The molecule has 4 aromatic carbocycles. The molecule has 3 nitrogen and oxygen atoms in total. The van der Waals surface area contributed by atoms with E-state index in [0.717, 1.165) is 15.9 Å². The molecule has 0 unspecified atom stereocenters. The van der Waals surface area contributed by atoms with E-state index < -0.39 is 7.26 Å². The Morgan fingerprint density at radius 2 is 1.09 bits per heavy atom. The van der Waals surface area contributed by atoms with E-state index in [1.807, 2.05) is 54.6 Å². The maximum Gasteiger partial charge on any atom is 0.258 e. The summed E-state index contributed by atoms with van der Waals surface area (Å²) in [5.41, 5.74) is 0.959. The van der Waals surface area contributed by atoms with Crippen molar-refractivity contribution in [2.45, 2.75) is 0 Å². The molecular formula is C28H24Cl3NO2P+. The van der Waals surface area contributed by atoms with E-state index >= 15 is 0 Å². The summed E-state index contributed by atoms with van der Waals surface area (Å²) in [6.45, 7) is 0. The van der Waals surface area contributed by atoms with Crippen molar-refractivity contribution in [3.8, 4) is 5.75 Å². The molecule has 0 spiro atoms. The molecule has 7 heteroatoms. The summed E-state index contributed by atoms with van der Waals surface area (Å²) >= 11 is 13.2. The molecule has 1 amide bonds. The SMILES string of the molecule is COc1ccc(C(=O)NC(=C(Cl)Cl)[P+](c2ccccc2)(c2ccccc2)c2ccccc2)cc1.Cl. The number of benzene rings is 4. The lowest BCUT2D eigenvalue weighted by Gasteiger charge is -2.29. The molecule has 4 aromatic rings. The number of carbonyl (C=O) groups excluding carboxylic acids is 1. The van der Waals surface area contributed by atoms with E-state index in [2.05, 4.69) is 41.7 Å². The van der Waals surface area contributed by atoms with Crippen LogP contribution >= 0.6 is 42.9 Å². The molecule has 0 fully saturated rings. The summed E-state index contributed by atoms with van der Waals surface area (Å²) < 4.78 is 5.24. The van der Waals surface area contributed by atoms with Crippen LogP contribution in [0.25, 0.3) is 0 Å². The zero-order valence-corrected chi connectivity index (χ0v) is 22.1. The van der Waals surface area contributed by atoms with Gasteiger partial charge in [-0.05, 0) is 60.7 Å². The summed E-state index contributed by atoms with van der Waals surface area (Å²) in [7, 11) is -1.07. The third-order valence-corrected chi connectivity index (χ3v) is 10.4. The lowest BCUT2D eigenvalue weighted by atomic mass is 10.2. The van der Waals surface area contributed by atoms with Gasteiger partial charge >= 0.3 is 0 Å². The first-order valence-electron chi connectivity index (χ1n) is 10.6. The van der Waals surface area contributed by atoms with E-state index in [1.165, 1.54) is 0 Å². The summed E-state index contributed by atoms with van der Waals surface area (Å²) in [4.78, 5) is 13.4. The average molecular weight is 544 g/mol. The number of hydrogen-bond donors (Lipinski definition) is 1. The minimum absolute atomic E-state index is 0. The molecule has 0 saturated carbocycles. The third kappa shape index (κ3) is 5.55. The molecular weight excluding hydrogens is 520 g/mol. The van der Waals surface area contributed by atoms with Crippen LogP contribution in [0.1, 0.15) is 10.4 Å². The Labute approximate surface area is 222 Å². The maximum absolute atomic E-state index is 13.4. The van der Waals surface area contributed by atoms with E-state index in [9.17, 15) is 4.79 Å². The second kappa shape index (κ2) is 12.2. The molecule has 0 bridgehead atoms. The summed E-state index contributed by atoms with van der Waals surface area (Å²) in [5.74, 6) is 0.367. The highest BCUT2D eigenvalue weighted by Crippen LogP contribution is 2.63. The maximum atomic E-state index is 13.4. The number of carbonyl (C=O) groups is 1. The zero-order valence-electron chi connectivity index (χ0n) is 18.9. The van der Waals surface area contributed by atoms with Gasteiger partial charge in [-0.1, -0.05) is 77.8 Å². The Morgan fingerprint density at radius 1 is 0.686 bits per heavy atom. The van der Waals surface area contributed by atoms with Gasteiger partial charge in [0.2, 0.25) is 5.44 Å². The van der Waals surface area contributed by atoms with Gasteiger partial charge in [-0.3, -0.25) is 10.1 Å². The molecule has 0 saturated heterocycles. The molecule has 4 rings (SSSR count). The quantitative estimate of drug-likeness (QED) is 0.272. The molecule has 178 valence electrons. The van der Waals surface area contributed by atoms with Gasteiger partial charge in [0.05, 0.1) is 7.11 Å². The molecule has 0 aliphatic heterocycles. The molecule has 1 N–H and O–H groups in total. The van der Waals surface area contributed by atoms with Crippen LogP contribution in [0, 0.1) is 0 Å². The first kappa shape index (κ1) is 26.8. The van der Waals surface area contributed by atoms with Crippen LogP contribution in [0.5, 0.6) is 5.75 Å². The van der Waals surface area contributed by atoms with Crippen molar-refractivity contribution in [2.75, 3.05) is 7.11 Å². The van der Waals surface area contributed by atoms with E-state index in [0.29, 0.717) is 16.8 Å². The summed E-state index contributed by atoms with van der Waals surface area (Å²) in [6.07, 6.45) is 0. The standard InChI is InChI=1S/C28H22Cl2NO2P.ClH/c1-33-22-19-17-21(18-20-22)27(32)31-28(26(29)30)34(23-11-5-2-6-12-23,24-13-7-3-8-14-24)25-15-9-4-10-16-25;/h2-20H,1H3;1H/p+1. The molecule has 0 aliphatic rings. The third-order valence-electron chi connectivity index (χ3n) is 5.53. The largest absolute Gasteiger partial charge is 0.497 e. The van der Waals surface area contributed by atoms with Crippen molar-refractivity contribution >= 4 is 64.7 Å². The Hall–Kier alpha value is -2.81. The fourth-order valence-electron chi connectivity index (χ4n) is 3.97. The van der Waals surface area contributed by atoms with E-state index in [-0.39, 0.29) is 22.8 Å². The number of halogens is 3. The average Bonchev–Trinajstić information content (AvgIpc) is 2.90. The normalized spacial score (nSPS) is 10.6. The van der Waals surface area contributed by atoms with Crippen molar-refractivity contribution in [2.24, 2.45) is 0 Å². The second-order valence-electron chi connectivity index (χ2n) is 7.47. The van der Waals surface area contributed by atoms with E-state index in [1.54, 1.807) is 31.4 Å². The molecule has 0 heterocycles. The summed E-state index contributed by atoms with van der Waals surface area (Å²) in [5, 5.41) is 6.16. The second-order valence-corrected chi connectivity index (χ2v) is 11.8. The number of amides is 1. The van der Waals surface area contributed by atoms with Crippen LogP contribution in [-0.2, 0) is 0 Å². The van der Waals surface area contributed by atoms with Crippen LogP contribution in [0.15, 0.2) is 125 Å². The first-order valence-corrected chi connectivity index (χ1v) is 13.2. The van der Waals surface area contributed by atoms with Gasteiger partial charge in [0.15, 0.2) is 11.8 Å². The summed E-state index contributed by atoms with van der Waals surface area (Å²) in [6, 6.07) is 37.1. The lowest BCUT2D eigenvalue weighted by molar-refractivity contribution is 0.0968. The van der Waals surface area contributed by atoms with E-state index in [4.69, 9.17) is 27.9 Å². The first-order chi connectivity index (χ1) is 16.6. The smallest absolute Gasteiger partial charge is 0.258 e. The van der Waals surface area contributed by atoms with Crippen molar-refractivity contribution in [3.05, 3.63) is 131 Å². The minimum Gasteiger partial charge on any atom is -0.497 e. The van der Waals surface area contributed by atoms with Crippen LogP contribution in [0.3, 0.4) is 0 Å². The zero-order chi connectivity index (χ0) is 24.0. The van der Waals surface area contributed by atoms with Crippen molar-refractivity contribution < 1.29 is 9.53 Å². The highest BCUT2D eigenvalue weighted by molar-refractivity contribution is 7.99. The molecule has 0 aliphatic carbocycles. The van der Waals surface area contributed by atoms with Crippen LogP contribution in [0.2, 0.25) is 0 Å². The predicted molar refractivity (Wildman–Crippen MR) is 152 cm³/mol. The van der Waals surface area contributed by atoms with Gasteiger partial charge in [-0.15, -0.1) is 12.4 Å². The highest BCUT2D eigenvalue weighted by Gasteiger charge is 2.52. The number of methoxy groups -OCH3 is 1. The fourth-order valence-corrected chi connectivity index (χ4v) is 8.87. The van der Waals surface area contributed by atoms with Crippen LogP contribution in [-0.4, -0.2) is 13.0 Å². The minimum atomic E-state index is -2.65. The number of ether oxygens (including phenoxy) is 1. The number of hydrogen-bond acceptors (Lipinski definition) is 2. The number of rotatable bonds is 7. The Kier molecular flexibility index (Phi) is 9.37. The monoisotopic (exact) mass is 542 g/mol. The fraction of sp³-hybridized carbons (Fsp3) is 0.0357. The van der Waals surface area contributed by atoms with Crippen molar-refractivity contribution in [1.29, 1.82) is 0 Å². The van der Waals surface area contributed by atoms with Crippen LogP contribution < -0.4 is 26.0 Å². The molecule has 0 atom stereocenters. The Balaban J connectivity index is 0.00000342. The van der Waals surface area contributed by atoms with Crippen molar-refractivity contribution in [3.63, 3.8) is 0 Å². The Morgan fingerprint density at radius 3 is 1.43 bits per heavy atom. The van der Waals surface area contributed by atoms with Crippen LogP contribution in [0.4, 0.5) is 0 Å². The van der Waals surface area contributed by atoms with Gasteiger partial charge in [0.1, 0.15) is 21.7 Å². The molecule has 35 heavy (non-hydrogen) atoms. The molecule has 0 aromatic heterocycles. The Bertz CT molecular complexity index is 1180. The van der Waals surface area contributed by atoms with Gasteiger partial charge in [0.25, 0.3) is 5.91 Å². The van der Waals surface area contributed by atoms with Crippen molar-refractivity contribution in [1.82, 2.24) is 5.32 Å². The van der Waals surface area contributed by atoms with Gasteiger partial charge in [0, 0.05) is 5.56 Å².